The molecule has 21 heavy (non-hydrogen) atoms. The molecule has 0 saturated heterocycles. The molecule has 1 aliphatic carbocycles. The van der Waals surface area contributed by atoms with Crippen molar-refractivity contribution in [3.8, 4) is 5.75 Å². The van der Waals surface area contributed by atoms with Crippen LogP contribution >= 0.6 is 0 Å². The van der Waals surface area contributed by atoms with E-state index in [1.165, 1.54) is 11.6 Å². The Morgan fingerprint density at radius 3 is 2.48 bits per heavy atom. The summed E-state index contributed by atoms with van der Waals surface area (Å²) in [6.45, 7) is 2.00. The topological polar surface area (TPSA) is 21.3 Å². The number of halogens is 1. The van der Waals surface area contributed by atoms with Crippen LogP contribution in [0.2, 0.25) is 0 Å². The Morgan fingerprint density at radius 1 is 1.10 bits per heavy atom. The molecule has 0 aromatic heterocycles. The fourth-order valence-electron chi connectivity index (χ4n) is 2.85. The third-order valence-electron chi connectivity index (χ3n) is 4.28. The van der Waals surface area contributed by atoms with Gasteiger partial charge in [-0.1, -0.05) is 18.2 Å². The van der Waals surface area contributed by atoms with E-state index in [9.17, 15) is 4.39 Å². The third kappa shape index (κ3) is 3.02. The predicted molar refractivity (Wildman–Crippen MR) is 83.5 cm³/mol. The van der Waals surface area contributed by atoms with E-state index in [1.807, 2.05) is 25.1 Å². The highest BCUT2D eigenvalue weighted by Gasteiger charge is 2.30. The molecule has 110 valence electrons. The Kier molecular flexibility index (Phi) is 3.82. The van der Waals surface area contributed by atoms with Gasteiger partial charge in [-0.05, 0) is 61.1 Å². The molecule has 1 aliphatic rings. The average molecular weight is 285 g/mol. The monoisotopic (exact) mass is 285 g/mol. The van der Waals surface area contributed by atoms with Crippen molar-refractivity contribution in [2.24, 2.45) is 0 Å². The summed E-state index contributed by atoms with van der Waals surface area (Å²) in [4.78, 5) is 0. The summed E-state index contributed by atoms with van der Waals surface area (Å²) in [5, 5.41) is 3.45. The van der Waals surface area contributed by atoms with Crippen LogP contribution in [0.3, 0.4) is 0 Å². The molecule has 1 saturated carbocycles. The van der Waals surface area contributed by atoms with Crippen molar-refractivity contribution in [3.63, 3.8) is 0 Å². The van der Waals surface area contributed by atoms with Crippen molar-refractivity contribution < 1.29 is 9.13 Å². The normalized spacial score (nSPS) is 20.7. The highest BCUT2D eigenvalue weighted by Crippen LogP contribution is 2.39. The van der Waals surface area contributed by atoms with Crippen molar-refractivity contribution in [1.82, 2.24) is 0 Å². The lowest BCUT2D eigenvalue weighted by Gasteiger charge is -2.37. The number of methoxy groups -OCH3 is 1. The predicted octanol–water partition coefficient (Wildman–Crippen LogP) is 4.50. The molecule has 3 heteroatoms. The molecular formula is C18H20FNO. The van der Waals surface area contributed by atoms with Gasteiger partial charge in [0.2, 0.25) is 0 Å². The summed E-state index contributed by atoms with van der Waals surface area (Å²) in [5.74, 6) is 1.29. The first-order valence-corrected chi connectivity index (χ1v) is 7.32. The lowest BCUT2D eigenvalue weighted by Crippen LogP contribution is -2.34. The van der Waals surface area contributed by atoms with Gasteiger partial charge in [-0.25, -0.2) is 4.39 Å². The van der Waals surface area contributed by atoms with Crippen LogP contribution in [0.1, 0.15) is 29.9 Å². The first-order chi connectivity index (χ1) is 10.2. The third-order valence-corrected chi connectivity index (χ3v) is 4.28. The molecule has 2 aromatic carbocycles. The summed E-state index contributed by atoms with van der Waals surface area (Å²) >= 11 is 0. The number of hydrogen-bond acceptors (Lipinski definition) is 2. The summed E-state index contributed by atoms with van der Waals surface area (Å²) in [7, 11) is 1.68. The Hall–Kier alpha value is -2.03. The Labute approximate surface area is 125 Å². The summed E-state index contributed by atoms with van der Waals surface area (Å²) in [5.41, 5.74) is 3.35. The van der Waals surface area contributed by atoms with Crippen LogP contribution in [-0.2, 0) is 0 Å². The zero-order valence-electron chi connectivity index (χ0n) is 12.4. The van der Waals surface area contributed by atoms with Crippen molar-refractivity contribution in [3.05, 3.63) is 59.4 Å². The van der Waals surface area contributed by atoms with Crippen molar-refractivity contribution in [1.29, 1.82) is 0 Å². The lowest BCUT2D eigenvalue weighted by molar-refractivity contribution is 0.373. The maximum absolute atomic E-state index is 13.3. The van der Waals surface area contributed by atoms with E-state index < -0.39 is 0 Å². The smallest absolute Gasteiger partial charge is 0.125 e. The first kappa shape index (κ1) is 13.9. The summed E-state index contributed by atoms with van der Waals surface area (Å²) in [6, 6.07) is 13.6. The highest BCUT2D eigenvalue weighted by atomic mass is 19.1. The van der Waals surface area contributed by atoms with Crippen molar-refractivity contribution in [2.45, 2.75) is 31.7 Å². The molecule has 0 atom stereocenters. The van der Waals surface area contributed by atoms with Gasteiger partial charge in [0.05, 0.1) is 7.11 Å². The fraction of sp³-hybridized carbons (Fsp3) is 0.333. The van der Waals surface area contributed by atoms with Crippen LogP contribution in [0.4, 0.5) is 10.1 Å². The molecule has 3 rings (SSSR count). The Balaban J connectivity index is 1.59. The van der Waals surface area contributed by atoms with Gasteiger partial charge in [-0.2, -0.15) is 0 Å². The van der Waals surface area contributed by atoms with Crippen LogP contribution in [0.15, 0.2) is 42.5 Å². The van der Waals surface area contributed by atoms with Crippen LogP contribution in [0, 0.1) is 12.7 Å². The molecule has 2 nitrogen and oxygen atoms in total. The molecule has 0 bridgehead atoms. The zero-order valence-corrected chi connectivity index (χ0v) is 12.4. The molecule has 0 aliphatic heterocycles. The van der Waals surface area contributed by atoms with Crippen LogP contribution in [0.25, 0.3) is 0 Å². The molecule has 0 unspecified atom stereocenters. The van der Waals surface area contributed by atoms with Gasteiger partial charge < -0.3 is 10.1 Å². The number of benzene rings is 2. The zero-order chi connectivity index (χ0) is 14.8. The van der Waals surface area contributed by atoms with Gasteiger partial charge in [-0.3, -0.25) is 0 Å². The van der Waals surface area contributed by atoms with Gasteiger partial charge in [0, 0.05) is 11.7 Å². The van der Waals surface area contributed by atoms with Gasteiger partial charge in [0.15, 0.2) is 0 Å². The van der Waals surface area contributed by atoms with E-state index in [2.05, 4.69) is 17.4 Å². The Bertz CT molecular complexity index is 618. The standard InChI is InChI=1S/C18H20FNO/c1-12-3-6-15(19)11-18(12)20-16-9-14(10-16)13-4-7-17(21-2)8-5-13/h3-8,11,14,16,20H,9-10H2,1-2H3. The maximum atomic E-state index is 13.3. The molecule has 1 N–H and O–H groups in total. The number of ether oxygens (including phenoxy) is 1. The minimum atomic E-state index is -0.186. The second-order valence-corrected chi connectivity index (χ2v) is 5.74. The summed E-state index contributed by atoms with van der Waals surface area (Å²) < 4.78 is 18.5. The van der Waals surface area contributed by atoms with Gasteiger partial charge in [0.1, 0.15) is 11.6 Å². The van der Waals surface area contributed by atoms with Crippen LogP contribution < -0.4 is 10.1 Å². The lowest BCUT2D eigenvalue weighted by atomic mass is 9.75. The molecule has 1 fully saturated rings. The second kappa shape index (κ2) is 5.76. The minimum absolute atomic E-state index is 0.186. The molecule has 2 aromatic rings. The van der Waals surface area contributed by atoms with Gasteiger partial charge in [0.25, 0.3) is 0 Å². The average Bonchev–Trinajstić information content (AvgIpc) is 2.46. The van der Waals surface area contributed by atoms with Gasteiger partial charge >= 0.3 is 0 Å². The van der Waals surface area contributed by atoms with Gasteiger partial charge in [-0.15, -0.1) is 0 Å². The van der Waals surface area contributed by atoms with E-state index in [4.69, 9.17) is 4.74 Å². The highest BCUT2D eigenvalue weighted by molar-refractivity contribution is 5.52. The molecular weight excluding hydrogens is 265 g/mol. The quantitative estimate of drug-likeness (QED) is 0.893. The first-order valence-electron chi connectivity index (χ1n) is 7.32. The fourth-order valence-corrected chi connectivity index (χ4v) is 2.85. The molecule has 0 heterocycles. The number of nitrogens with one attached hydrogen (secondary N) is 1. The maximum Gasteiger partial charge on any atom is 0.125 e. The number of aryl methyl sites for hydroxylation is 1. The van der Waals surface area contributed by atoms with Crippen LogP contribution in [-0.4, -0.2) is 13.2 Å². The van der Waals surface area contributed by atoms with E-state index in [0.29, 0.717) is 12.0 Å². The SMILES string of the molecule is COc1ccc(C2CC(Nc3cc(F)ccc3C)C2)cc1. The number of anilines is 1. The van der Waals surface area contributed by atoms with Crippen molar-refractivity contribution >= 4 is 5.69 Å². The molecule has 0 amide bonds. The molecule has 0 spiro atoms. The Morgan fingerprint density at radius 2 is 1.81 bits per heavy atom. The number of rotatable bonds is 4. The van der Waals surface area contributed by atoms with E-state index in [1.54, 1.807) is 13.2 Å². The van der Waals surface area contributed by atoms with Crippen molar-refractivity contribution in [2.75, 3.05) is 12.4 Å². The molecule has 0 radical (unpaired) electrons. The number of hydrogen-bond donors (Lipinski definition) is 1. The van der Waals surface area contributed by atoms with E-state index in [0.717, 1.165) is 29.8 Å². The largest absolute Gasteiger partial charge is 0.497 e. The minimum Gasteiger partial charge on any atom is -0.497 e. The van der Waals surface area contributed by atoms with Crippen LogP contribution in [0.5, 0.6) is 5.75 Å². The second-order valence-electron chi connectivity index (χ2n) is 5.74. The van der Waals surface area contributed by atoms with E-state index >= 15 is 0 Å². The van der Waals surface area contributed by atoms with E-state index in [-0.39, 0.29) is 5.82 Å². The summed E-state index contributed by atoms with van der Waals surface area (Å²) in [6.07, 6.45) is 2.17.